The highest BCUT2D eigenvalue weighted by Gasteiger charge is 2.49. The molecule has 2 atom stereocenters. The van der Waals surface area contributed by atoms with Crippen molar-refractivity contribution in [2.45, 2.75) is 50.6 Å². The lowest BCUT2D eigenvalue weighted by Crippen LogP contribution is -2.53. The predicted octanol–water partition coefficient (Wildman–Crippen LogP) is 3.51. The van der Waals surface area contributed by atoms with Gasteiger partial charge in [-0.3, -0.25) is 4.79 Å². The number of carbonyl (C=O) groups excluding carboxylic acids is 1. The lowest BCUT2D eigenvalue weighted by molar-refractivity contribution is -0.201. The Morgan fingerprint density at radius 2 is 1.66 bits per heavy atom. The van der Waals surface area contributed by atoms with Crippen LogP contribution in [0.2, 0.25) is 0 Å². The zero-order chi connectivity index (χ0) is 21.4. The van der Waals surface area contributed by atoms with Crippen LogP contribution in [0.15, 0.2) is 23.1 Å². The first-order valence-corrected chi connectivity index (χ1v) is 11.4. The van der Waals surface area contributed by atoms with E-state index in [1.165, 1.54) is 9.21 Å². The molecule has 1 saturated heterocycles. The number of hydrogen-bond donors (Lipinski definition) is 0. The third-order valence-corrected chi connectivity index (χ3v) is 8.06. The largest absolute Gasteiger partial charge is 0.392 e. The van der Waals surface area contributed by atoms with Gasteiger partial charge in [0.05, 0.1) is 10.8 Å². The molecule has 3 rings (SSSR count). The number of alkyl halides is 3. The van der Waals surface area contributed by atoms with Crippen LogP contribution in [0.4, 0.5) is 13.2 Å². The number of piperazine rings is 1. The van der Waals surface area contributed by atoms with E-state index in [0.29, 0.717) is 18.4 Å². The molecule has 1 aromatic carbocycles. The van der Waals surface area contributed by atoms with Gasteiger partial charge in [0.1, 0.15) is 0 Å². The van der Waals surface area contributed by atoms with Crippen LogP contribution in [0.3, 0.4) is 0 Å². The monoisotopic (exact) mass is 432 g/mol. The fraction of sp³-hybridized carbons (Fsp3) is 0.650. The van der Waals surface area contributed by atoms with E-state index < -0.39 is 33.9 Å². The van der Waals surface area contributed by atoms with Gasteiger partial charge in [0.15, 0.2) is 0 Å². The van der Waals surface area contributed by atoms with Crippen molar-refractivity contribution in [3.05, 3.63) is 29.3 Å². The summed E-state index contributed by atoms with van der Waals surface area (Å²) >= 11 is 0. The van der Waals surface area contributed by atoms with Crippen LogP contribution in [-0.4, -0.2) is 55.9 Å². The fourth-order valence-corrected chi connectivity index (χ4v) is 6.06. The Kier molecular flexibility index (Phi) is 6.29. The summed E-state index contributed by atoms with van der Waals surface area (Å²) in [5, 5.41) is 0. The van der Waals surface area contributed by atoms with Gasteiger partial charge < -0.3 is 4.90 Å². The van der Waals surface area contributed by atoms with Gasteiger partial charge in [-0.25, -0.2) is 8.42 Å². The topological polar surface area (TPSA) is 57.7 Å². The van der Waals surface area contributed by atoms with Gasteiger partial charge in [-0.05, 0) is 38.3 Å². The van der Waals surface area contributed by atoms with E-state index in [2.05, 4.69) is 0 Å². The van der Waals surface area contributed by atoms with Gasteiger partial charge in [-0.1, -0.05) is 30.5 Å². The van der Waals surface area contributed by atoms with Gasteiger partial charge >= 0.3 is 6.18 Å². The van der Waals surface area contributed by atoms with Crippen LogP contribution >= 0.6 is 0 Å². The summed E-state index contributed by atoms with van der Waals surface area (Å²) in [6, 6.07) is 5.11. The molecule has 1 heterocycles. The van der Waals surface area contributed by atoms with E-state index in [1.54, 1.807) is 25.1 Å². The summed E-state index contributed by atoms with van der Waals surface area (Å²) in [6.07, 6.45) is -3.06. The minimum absolute atomic E-state index is 0.0129. The van der Waals surface area contributed by atoms with E-state index in [9.17, 15) is 26.4 Å². The molecule has 0 spiro atoms. The number of carbonyl (C=O) groups is 1. The smallest absolute Gasteiger partial charge is 0.340 e. The fourth-order valence-electron chi connectivity index (χ4n) is 4.43. The van der Waals surface area contributed by atoms with Crippen molar-refractivity contribution in [3.8, 4) is 0 Å². The van der Waals surface area contributed by atoms with E-state index in [1.807, 2.05) is 6.92 Å². The third kappa shape index (κ3) is 4.60. The average molecular weight is 433 g/mol. The third-order valence-electron chi connectivity index (χ3n) is 6.00. The lowest BCUT2D eigenvalue weighted by atomic mass is 9.78. The van der Waals surface area contributed by atoms with Gasteiger partial charge in [0.25, 0.3) is 0 Å². The molecule has 0 radical (unpaired) electrons. The van der Waals surface area contributed by atoms with E-state index in [4.69, 9.17) is 0 Å². The van der Waals surface area contributed by atoms with Crippen LogP contribution < -0.4 is 0 Å². The molecule has 29 heavy (non-hydrogen) atoms. The molecule has 2 aliphatic rings. The maximum absolute atomic E-state index is 13.3. The maximum atomic E-state index is 13.3. The minimum atomic E-state index is -4.38. The molecule has 9 heteroatoms. The average Bonchev–Trinajstić information content (AvgIpc) is 2.66. The number of amides is 1. The first-order chi connectivity index (χ1) is 13.5. The van der Waals surface area contributed by atoms with E-state index in [-0.39, 0.29) is 43.9 Å². The van der Waals surface area contributed by atoms with Crippen LogP contribution in [0.5, 0.6) is 0 Å². The van der Waals surface area contributed by atoms with Gasteiger partial charge in [-0.15, -0.1) is 0 Å². The van der Waals surface area contributed by atoms with Crippen molar-refractivity contribution in [1.82, 2.24) is 9.21 Å². The molecule has 2 fully saturated rings. The molecule has 0 aromatic heterocycles. The zero-order valence-electron chi connectivity index (χ0n) is 16.7. The van der Waals surface area contributed by atoms with Crippen molar-refractivity contribution in [1.29, 1.82) is 0 Å². The summed E-state index contributed by atoms with van der Waals surface area (Å²) in [4.78, 5) is 14.4. The van der Waals surface area contributed by atoms with Gasteiger partial charge in [0.2, 0.25) is 15.9 Å². The molecule has 5 nitrogen and oxygen atoms in total. The highest BCUT2D eigenvalue weighted by molar-refractivity contribution is 7.89. The first kappa shape index (κ1) is 22.1. The van der Waals surface area contributed by atoms with Crippen LogP contribution in [0, 0.1) is 25.7 Å². The van der Waals surface area contributed by atoms with Crippen LogP contribution in [-0.2, 0) is 14.8 Å². The molecule has 2 unspecified atom stereocenters. The molecule has 1 aromatic rings. The number of nitrogens with zero attached hydrogens (tertiary/aromatic N) is 2. The Balaban J connectivity index is 1.69. The summed E-state index contributed by atoms with van der Waals surface area (Å²) in [7, 11) is -3.70. The van der Waals surface area contributed by atoms with Crippen molar-refractivity contribution in [2.24, 2.45) is 11.8 Å². The van der Waals surface area contributed by atoms with Crippen molar-refractivity contribution in [2.75, 3.05) is 26.2 Å². The second-order valence-corrected chi connectivity index (χ2v) is 9.94. The first-order valence-electron chi connectivity index (χ1n) is 9.94. The van der Waals surface area contributed by atoms with Crippen molar-refractivity contribution >= 4 is 15.9 Å². The number of hydrogen-bond acceptors (Lipinski definition) is 3. The summed E-state index contributed by atoms with van der Waals surface area (Å²) < 4.78 is 67.2. The number of rotatable bonds is 3. The van der Waals surface area contributed by atoms with Crippen LogP contribution in [0.25, 0.3) is 0 Å². The number of halogens is 3. The Morgan fingerprint density at radius 3 is 2.24 bits per heavy atom. The lowest BCUT2D eigenvalue weighted by Gasteiger charge is -2.39. The summed E-state index contributed by atoms with van der Waals surface area (Å²) in [6.45, 7) is 4.02. The highest BCUT2D eigenvalue weighted by Crippen LogP contribution is 2.42. The molecule has 0 bridgehead atoms. The molecule has 1 amide bonds. The van der Waals surface area contributed by atoms with Gasteiger partial charge in [-0.2, -0.15) is 17.5 Å². The SMILES string of the molecule is Cc1ccc(S(=O)(=O)N2CCN(C(=O)C3CCCCC3C(F)(F)F)CC2)c(C)c1. The Labute approximate surface area is 169 Å². The highest BCUT2D eigenvalue weighted by atomic mass is 32.2. The molecular formula is C20H27F3N2O3S. The molecule has 1 aliphatic heterocycles. The van der Waals surface area contributed by atoms with E-state index in [0.717, 1.165) is 5.56 Å². The molecular weight excluding hydrogens is 405 g/mol. The maximum Gasteiger partial charge on any atom is 0.392 e. The normalized spacial score (nSPS) is 24.5. The quantitative estimate of drug-likeness (QED) is 0.735. The predicted molar refractivity (Wildman–Crippen MR) is 103 cm³/mol. The second-order valence-electron chi connectivity index (χ2n) is 8.04. The Bertz CT molecular complexity index is 862. The molecule has 1 saturated carbocycles. The molecule has 0 N–H and O–H groups in total. The number of aryl methyl sites for hydroxylation is 2. The Morgan fingerprint density at radius 1 is 1.03 bits per heavy atom. The van der Waals surface area contributed by atoms with E-state index >= 15 is 0 Å². The van der Waals surface area contributed by atoms with Crippen molar-refractivity contribution in [3.63, 3.8) is 0 Å². The minimum Gasteiger partial charge on any atom is -0.340 e. The zero-order valence-corrected chi connectivity index (χ0v) is 17.5. The summed E-state index contributed by atoms with van der Waals surface area (Å²) in [5.74, 6) is -3.14. The second kappa shape index (κ2) is 8.26. The molecule has 1 aliphatic carbocycles. The number of benzene rings is 1. The molecule has 162 valence electrons. The number of sulfonamides is 1. The summed E-state index contributed by atoms with van der Waals surface area (Å²) in [5.41, 5.74) is 1.61. The standard InChI is InChI=1S/C20H27F3N2O3S/c1-14-7-8-18(15(2)13-14)29(27,28)25-11-9-24(10-12-25)19(26)16-5-3-4-6-17(16)20(21,22)23/h7-8,13,16-17H,3-6,9-12H2,1-2H3. The Hall–Kier alpha value is -1.61. The van der Waals surface area contributed by atoms with Crippen molar-refractivity contribution < 1.29 is 26.4 Å². The van der Waals surface area contributed by atoms with Crippen LogP contribution in [0.1, 0.15) is 36.8 Å². The van der Waals surface area contributed by atoms with Gasteiger partial charge in [0, 0.05) is 32.1 Å².